The van der Waals surface area contributed by atoms with E-state index < -0.39 is 0 Å². The minimum absolute atomic E-state index is 0.177. The van der Waals surface area contributed by atoms with Gasteiger partial charge in [0.15, 0.2) is 16.6 Å². The van der Waals surface area contributed by atoms with E-state index in [0.29, 0.717) is 27.4 Å². The third-order valence-corrected chi connectivity index (χ3v) is 5.55. The molecule has 0 unspecified atom stereocenters. The molecule has 1 amide bonds. The molecule has 0 aliphatic carbocycles. The molecule has 0 radical (unpaired) electrons. The van der Waals surface area contributed by atoms with Crippen molar-refractivity contribution in [1.29, 1.82) is 0 Å². The first-order valence-corrected chi connectivity index (χ1v) is 9.80. The zero-order valence-electron chi connectivity index (χ0n) is 15.0. The maximum absolute atomic E-state index is 12.5. The second-order valence-corrected chi connectivity index (χ2v) is 8.52. The van der Waals surface area contributed by atoms with Crippen molar-refractivity contribution in [2.45, 2.75) is 24.0 Å². The SMILES string of the molecule is COc1cc2nc(NC(=O)c3ccc(SC(C)C)cc3)sc2cc1OC. The van der Waals surface area contributed by atoms with Gasteiger partial charge in [0, 0.05) is 27.8 Å². The van der Waals surface area contributed by atoms with Crippen LogP contribution in [0.5, 0.6) is 11.5 Å². The lowest BCUT2D eigenvalue weighted by Gasteiger charge is -2.06. The van der Waals surface area contributed by atoms with Gasteiger partial charge < -0.3 is 9.47 Å². The number of aromatic nitrogens is 1. The van der Waals surface area contributed by atoms with Gasteiger partial charge >= 0.3 is 0 Å². The Morgan fingerprint density at radius 2 is 1.77 bits per heavy atom. The molecule has 0 spiro atoms. The van der Waals surface area contributed by atoms with Crippen LogP contribution in [0.15, 0.2) is 41.3 Å². The Bertz CT molecular complexity index is 879. The molecule has 0 fully saturated rings. The molecule has 0 aliphatic rings. The van der Waals surface area contributed by atoms with E-state index in [-0.39, 0.29) is 5.91 Å². The highest BCUT2D eigenvalue weighted by Gasteiger charge is 2.13. The molecule has 3 aromatic rings. The van der Waals surface area contributed by atoms with Gasteiger partial charge in [-0.2, -0.15) is 0 Å². The summed E-state index contributed by atoms with van der Waals surface area (Å²) in [5, 5.41) is 3.91. The third kappa shape index (κ3) is 4.11. The zero-order chi connectivity index (χ0) is 18.7. The molecule has 7 heteroatoms. The minimum Gasteiger partial charge on any atom is -0.493 e. The number of nitrogens with zero attached hydrogens (tertiary/aromatic N) is 1. The Morgan fingerprint density at radius 1 is 1.12 bits per heavy atom. The number of amides is 1. The molecular weight excluding hydrogens is 368 g/mol. The lowest BCUT2D eigenvalue weighted by molar-refractivity contribution is 0.102. The molecule has 5 nitrogen and oxygen atoms in total. The van der Waals surface area contributed by atoms with E-state index in [0.717, 1.165) is 15.1 Å². The number of methoxy groups -OCH3 is 2. The third-order valence-electron chi connectivity index (χ3n) is 3.60. The number of thiazole rings is 1. The summed E-state index contributed by atoms with van der Waals surface area (Å²) in [7, 11) is 3.18. The predicted molar refractivity (Wildman–Crippen MR) is 108 cm³/mol. The number of nitrogens with one attached hydrogen (secondary N) is 1. The standard InChI is InChI=1S/C19H20N2O3S2/c1-11(2)25-13-7-5-12(6-8-13)18(22)21-19-20-14-9-15(23-3)16(24-4)10-17(14)26-19/h5-11H,1-4H3,(H,20,21,22). The highest BCUT2D eigenvalue weighted by molar-refractivity contribution is 7.99. The summed E-state index contributed by atoms with van der Waals surface area (Å²) in [5.41, 5.74) is 1.36. The van der Waals surface area contributed by atoms with Crippen molar-refractivity contribution in [3.05, 3.63) is 42.0 Å². The van der Waals surface area contributed by atoms with E-state index in [1.165, 1.54) is 11.3 Å². The maximum atomic E-state index is 12.5. The Hall–Kier alpha value is -2.25. The van der Waals surface area contributed by atoms with E-state index in [9.17, 15) is 4.79 Å². The fraction of sp³-hybridized carbons (Fsp3) is 0.263. The van der Waals surface area contributed by atoms with Crippen LogP contribution < -0.4 is 14.8 Å². The lowest BCUT2D eigenvalue weighted by Crippen LogP contribution is -2.11. The van der Waals surface area contributed by atoms with Gasteiger partial charge in [-0.25, -0.2) is 4.98 Å². The van der Waals surface area contributed by atoms with Gasteiger partial charge in [-0.15, -0.1) is 11.8 Å². The van der Waals surface area contributed by atoms with Gasteiger partial charge in [0.2, 0.25) is 0 Å². The Morgan fingerprint density at radius 3 is 2.38 bits per heavy atom. The molecule has 0 bridgehead atoms. The molecule has 3 rings (SSSR count). The topological polar surface area (TPSA) is 60.5 Å². The van der Waals surface area contributed by atoms with Gasteiger partial charge in [0.05, 0.1) is 24.4 Å². The van der Waals surface area contributed by atoms with Crippen LogP contribution in [0.3, 0.4) is 0 Å². The van der Waals surface area contributed by atoms with Crippen molar-refractivity contribution in [2.75, 3.05) is 19.5 Å². The van der Waals surface area contributed by atoms with Crippen LogP contribution in [-0.2, 0) is 0 Å². The molecular formula is C19H20N2O3S2. The maximum Gasteiger partial charge on any atom is 0.257 e. The first kappa shape index (κ1) is 18.5. The van der Waals surface area contributed by atoms with Crippen LogP contribution in [0.2, 0.25) is 0 Å². The van der Waals surface area contributed by atoms with Crippen LogP contribution in [-0.4, -0.2) is 30.4 Å². The Kier molecular flexibility index (Phi) is 5.68. The second-order valence-electron chi connectivity index (χ2n) is 5.84. The quantitative estimate of drug-likeness (QED) is 0.598. The summed E-state index contributed by atoms with van der Waals surface area (Å²) in [6.45, 7) is 4.28. The average Bonchev–Trinajstić information content (AvgIpc) is 3.01. The average molecular weight is 389 g/mol. The first-order chi connectivity index (χ1) is 12.5. The van der Waals surface area contributed by atoms with Gasteiger partial charge in [-0.05, 0) is 24.3 Å². The predicted octanol–water partition coefficient (Wildman–Crippen LogP) is 5.07. The van der Waals surface area contributed by atoms with Crippen LogP contribution >= 0.6 is 23.1 Å². The second kappa shape index (κ2) is 7.97. The van der Waals surface area contributed by atoms with E-state index in [1.807, 2.05) is 30.3 Å². The van der Waals surface area contributed by atoms with E-state index >= 15 is 0 Å². The summed E-state index contributed by atoms with van der Waals surface area (Å²) in [4.78, 5) is 18.1. The molecule has 26 heavy (non-hydrogen) atoms. The molecule has 1 aromatic heterocycles. The highest BCUT2D eigenvalue weighted by atomic mass is 32.2. The number of thioether (sulfide) groups is 1. The number of ether oxygens (including phenoxy) is 2. The first-order valence-electron chi connectivity index (χ1n) is 8.10. The van der Waals surface area contributed by atoms with Crippen molar-refractivity contribution >= 4 is 44.4 Å². The van der Waals surface area contributed by atoms with Gasteiger partial charge in [-0.1, -0.05) is 25.2 Å². The highest BCUT2D eigenvalue weighted by Crippen LogP contribution is 2.36. The van der Waals surface area contributed by atoms with Gasteiger partial charge in [0.1, 0.15) is 0 Å². The van der Waals surface area contributed by atoms with Gasteiger partial charge in [-0.3, -0.25) is 10.1 Å². The van der Waals surface area contributed by atoms with Crippen molar-refractivity contribution in [3.63, 3.8) is 0 Å². The number of anilines is 1. The number of hydrogen-bond acceptors (Lipinski definition) is 6. The summed E-state index contributed by atoms with van der Waals surface area (Å²) in [6, 6.07) is 11.3. The van der Waals surface area contributed by atoms with Gasteiger partial charge in [0.25, 0.3) is 5.91 Å². The smallest absolute Gasteiger partial charge is 0.257 e. The zero-order valence-corrected chi connectivity index (χ0v) is 16.7. The Labute approximate surface area is 160 Å². The Balaban J connectivity index is 1.78. The van der Waals surface area contributed by atoms with E-state index in [4.69, 9.17) is 9.47 Å². The van der Waals surface area contributed by atoms with E-state index in [2.05, 4.69) is 24.1 Å². The monoisotopic (exact) mass is 388 g/mol. The molecule has 2 aromatic carbocycles. The summed E-state index contributed by atoms with van der Waals surface area (Å²) < 4.78 is 11.5. The number of rotatable bonds is 6. The molecule has 136 valence electrons. The molecule has 0 aliphatic heterocycles. The van der Waals surface area contributed by atoms with Crippen LogP contribution in [0.25, 0.3) is 10.2 Å². The van der Waals surface area contributed by atoms with Crippen molar-refractivity contribution in [3.8, 4) is 11.5 Å². The normalized spacial score (nSPS) is 11.0. The molecule has 1 heterocycles. The summed E-state index contributed by atoms with van der Waals surface area (Å²) in [5.74, 6) is 1.07. The minimum atomic E-state index is -0.177. The number of hydrogen-bond donors (Lipinski definition) is 1. The van der Waals surface area contributed by atoms with Crippen molar-refractivity contribution < 1.29 is 14.3 Å². The largest absolute Gasteiger partial charge is 0.493 e. The summed E-state index contributed by atoms with van der Waals surface area (Å²) >= 11 is 3.16. The number of benzene rings is 2. The number of carbonyl (C=O) groups excluding carboxylic acids is 1. The van der Waals surface area contributed by atoms with Crippen molar-refractivity contribution in [2.24, 2.45) is 0 Å². The fourth-order valence-corrected chi connectivity index (χ4v) is 4.14. The lowest BCUT2D eigenvalue weighted by atomic mass is 10.2. The van der Waals surface area contributed by atoms with Crippen molar-refractivity contribution in [1.82, 2.24) is 4.98 Å². The summed E-state index contributed by atoms with van der Waals surface area (Å²) in [6.07, 6.45) is 0. The number of carbonyl (C=O) groups is 1. The molecule has 0 saturated heterocycles. The number of fused-ring (bicyclic) bond motifs is 1. The fourth-order valence-electron chi connectivity index (χ4n) is 2.43. The van der Waals surface area contributed by atoms with Crippen LogP contribution in [0.4, 0.5) is 5.13 Å². The molecule has 0 atom stereocenters. The van der Waals surface area contributed by atoms with E-state index in [1.54, 1.807) is 32.0 Å². The van der Waals surface area contributed by atoms with Crippen LogP contribution in [0.1, 0.15) is 24.2 Å². The molecule has 1 N–H and O–H groups in total. The van der Waals surface area contributed by atoms with Crippen LogP contribution in [0, 0.1) is 0 Å². The molecule has 0 saturated carbocycles.